The van der Waals surface area contributed by atoms with E-state index in [1.807, 2.05) is 6.92 Å². The minimum atomic E-state index is -2.98. The number of hydrogen-bond donors (Lipinski definition) is 1. The zero-order chi connectivity index (χ0) is 20.8. The van der Waals surface area contributed by atoms with Gasteiger partial charge in [-0.2, -0.15) is 19.0 Å². The first-order valence-electron chi connectivity index (χ1n) is 8.88. The molecule has 0 spiro atoms. The van der Waals surface area contributed by atoms with Gasteiger partial charge in [-0.05, 0) is 24.6 Å². The number of hydrazone groups is 1. The molecule has 0 fully saturated rings. The fourth-order valence-corrected chi connectivity index (χ4v) is 2.77. The molecule has 3 aromatic rings. The Morgan fingerprint density at radius 2 is 1.90 bits per heavy atom. The maximum absolute atomic E-state index is 12.6. The van der Waals surface area contributed by atoms with Crippen molar-refractivity contribution < 1.29 is 18.3 Å². The molecule has 1 heterocycles. The van der Waals surface area contributed by atoms with Crippen molar-refractivity contribution in [2.75, 3.05) is 0 Å². The third kappa shape index (κ3) is 4.63. The number of para-hydroxylation sites is 1. The first kappa shape index (κ1) is 20.1. The molecule has 29 heavy (non-hydrogen) atoms. The van der Waals surface area contributed by atoms with Gasteiger partial charge in [0, 0.05) is 17.5 Å². The molecule has 0 aliphatic heterocycles. The summed E-state index contributed by atoms with van der Waals surface area (Å²) in [5.74, 6) is -0.699. The summed E-state index contributed by atoms with van der Waals surface area (Å²) >= 11 is 0. The molecule has 0 aliphatic carbocycles. The Hall–Kier alpha value is -3.62. The van der Waals surface area contributed by atoms with E-state index in [9.17, 15) is 18.4 Å². The van der Waals surface area contributed by atoms with E-state index in [1.165, 1.54) is 23.0 Å². The van der Waals surface area contributed by atoms with Crippen molar-refractivity contribution in [1.82, 2.24) is 15.2 Å². The Morgan fingerprint density at radius 3 is 2.62 bits per heavy atom. The number of carbonyl (C=O) groups excluding carboxylic acids is 1. The molecular formula is C20H18F2N4O3. The number of ether oxygens (including phenoxy) is 1. The highest BCUT2D eigenvalue weighted by atomic mass is 19.3. The van der Waals surface area contributed by atoms with Crippen LogP contribution in [0.5, 0.6) is 5.75 Å². The topological polar surface area (TPSA) is 85.6 Å². The average Bonchev–Trinajstić information content (AvgIpc) is 2.71. The van der Waals surface area contributed by atoms with Crippen LogP contribution in [0.4, 0.5) is 8.78 Å². The van der Waals surface area contributed by atoms with Gasteiger partial charge in [0.05, 0.1) is 11.6 Å². The van der Waals surface area contributed by atoms with Crippen LogP contribution >= 0.6 is 0 Å². The number of amides is 1. The predicted octanol–water partition coefficient (Wildman–Crippen LogP) is 3.17. The van der Waals surface area contributed by atoms with E-state index in [0.717, 1.165) is 0 Å². The monoisotopic (exact) mass is 400 g/mol. The summed E-state index contributed by atoms with van der Waals surface area (Å²) < 4.78 is 30.6. The van der Waals surface area contributed by atoms with Gasteiger partial charge in [0.25, 0.3) is 11.5 Å². The highest BCUT2D eigenvalue weighted by Crippen LogP contribution is 2.18. The van der Waals surface area contributed by atoms with E-state index < -0.39 is 12.5 Å². The minimum absolute atomic E-state index is 0.0444. The quantitative estimate of drug-likeness (QED) is 0.488. The highest BCUT2D eigenvalue weighted by molar-refractivity contribution is 6.05. The molecule has 0 saturated carbocycles. The molecule has 7 nitrogen and oxygen atoms in total. The summed E-state index contributed by atoms with van der Waals surface area (Å²) in [5.41, 5.74) is 2.35. The number of hydrogen-bond acceptors (Lipinski definition) is 5. The van der Waals surface area contributed by atoms with Gasteiger partial charge in [-0.1, -0.05) is 37.3 Å². The van der Waals surface area contributed by atoms with Crippen LogP contribution in [0, 0.1) is 0 Å². The maximum Gasteiger partial charge on any atom is 0.387 e. The normalized spacial score (nSPS) is 11.3. The number of aromatic nitrogens is 2. The second-order valence-corrected chi connectivity index (χ2v) is 6.04. The lowest BCUT2D eigenvalue weighted by Crippen LogP contribution is -2.29. The zero-order valence-corrected chi connectivity index (χ0v) is 15.5. The van der Waals surface area contributed by atoms with Crippen LogP contribution in [0.25, 0.3) is 10.8 Å². The van der Waals surface area contributed by atoms with E-state index in [0.29, 0.717) is 23.7 Å². The summed E-state index contributed by atoms with van der Waals surface area (Å²) in [6, 6.07) is 12.7. The Balaban J connectivity index is 1.89. The molecule has 2 aromatic carbocycles. The maximum atomic E-state index is 12.6. The minimum Gasteiger partial charge on any atom is -0.434 e. The number of halogens is 2. The molecular weight excluding hydrogens is 382 g/mol. The Bertz CT molecular complexity index is 1110. The SMILES string of the molecule is CCCn1nc(C(=O)N/N=C/c2ccccc2OC(F)F)c2ccccc2c1=O. The van der Waals surface area contributed by atoms with Crippen molar-refractivity contribution in [3.05, 3.63) is 70.1 Å². The van der Waals surface area contributed by atoms with Gasteiger partial charge in [0.1, 0.15) is 5.75 Å². The molecule has 9 heteroatoms. The van der Waals surface area contributed by atoms with Gasteiger partial charge >= 0.3 is 6.61 Å². The molecule has 1 N–H and O–H groups in total. The van der Waals surface area contributed by atoms with Gasteiger partial charge in [0.2, 0.25) is 0 Å². The van der Waals surface area contributed by atoms with Crippen molar-refractivity contribution in [3.8, 4) is 5.75 Å². The number of nitrogens with zero attached hydrogens (tertiary/aromatic N) is 3. The summed E-state index contributed by atoms with van der Waals surface area (Å²) in [5, 5.41) is 8.76. The lowest BCUT2D eigenvalue weighted by Gasteiger charge is -2.09. The number of nitrogens with one attached hydrogen (secondary N) is 1. The fourth-order valence-electron chi connectivity index (χ4n) is 2.77. The summed E-state index contributed by atoms with van der Waals surface area (Å²) in [4.78, 5) is 25.1. The number of alkyl halides is 2. The van der Waals surface area contributed by atoms with Crippen LogP contribution in [0.2, 0.25) is 0 Å². The lowest BCUT2D eigenvalue weighted by atomic mass is 10.1. The Kier molecular flexibility index (Phi) is 6.28. The van der Waals surface area contributed by atoms with Crippen molar-refractivity contribution in [3.63, 3.8) is 0 Å². The first-order chi connectivity index (χ1) is 14.0. The average molecular weight is 400 g/mol. The third-order valence-corrected chi connectivity index (χ3v) is 4.02. The molecule has 0 unspecified atom stereocenters. The lowest BCUT2D eigenvalue weighted by molar-refractivity contribution is -0.0499. The largest absolute Gasteiger partial charge is 0.434 e. The molecule has 0 aliphatic rings. The van der Waals surface area contributed by atoms with E-state index in [-0.39, 0.29) is 22.6 Å². The zero-order valence-electron chi connectivity index (χ0n) is 15.5. The Labute approximate surface area is 164 Å². The highest BCUT2D eigenvalue weighted by Gasteiger charge is 2.16. The van der Waals surface area contributed by atoms with Crippen molar-refractivity contribution in [2.45, 2.75) is 26.5 Å². The molecule has 0 bridgehead atoms. The van der Waals surface area contributed by atoms with Crippen LogP contribution in [-0.2, 0) is 6.54 Å². The van der Waals surface area contributed by atoms with Gasteiger partial charge in [-0.3, -0.25) is 9.59 Å². The summed E-state index contributed by atoms with van der Waals surface area (Å²) in [6.07, 6.45) is 1.87. The fraction of sp³-hybridized carbons (Fsp3) is 0.200. The molecule has 1 amide bonds. The second-order valence-electron chi connectivity index (χ2n) is 6.04. The molecule has 0 atom stereocenters. The van der Waals surface area contributed by atoms with Crippen LogP contribution in [0.15, 0.2) is 58.4 Å². The van der Waals surface area contributed by atoms with Crippen LogP contribution in [0.1, 0.15) is 29.4 Å². The Morgan fingerprint density at radius 1 is 1.21 bits per heavy atom. The molecule has 0 saturated heterocycles. The third-order valence-electron chi connectivity index (χ3n) is 4.02. The molecule has 3 rings (SSSR count). The molecule has 0 radical (unpaired) electrons. The van der Waals surface area contributed by atoms with Crippen LogP contribution in [-0.4, -0.2) is 28.5 Å². The van der Waals surface area contributed by atoms with Crippen molar-refractivity contribution in [1.29, 1.82) is 0 Å². The molecule has 150 valence electrons. The van der Waals surface area contributed by atoms with Crippen molar-refractivity contribution >= 4 is 22.9 Å². The van der Waals surface area contributed by atoms with Crippen LogP contribution < -0.4 is 15.7 Å². The van der Waals surface area contributed by atoms with Gasteiger partial charge in [0.15, 0.2) is 5.69 Å². The van der Waals surface area contributed by atoms with E-state index >= 15 is 0 Å². The summed E-state index contributed by atoms with van der Waals surface area (Å²) in [6.45, 7) is -0.716. The number of benzene rings is 2. The number of carbonyl (C=O) groups is 1. The van der Waals surface area contributed by atoms with Gasteiger partial charge in [-0.15, -0.1) is 0 Å². The van der Waals surface area contributed by atoms with E-state index in [2.05, 4.69) is 20.4 Å². The number of aryl methyl sites for hydroxylation is 1. The van der Waals surface area contributed by atoms with Crippen LogP contribution in [0.3, 0.4) is 0 Å². The number of rotatable bonds is 7. The smallest absolute Gasteiger partial charge is 0.387 e. The summed E-state index contributed by atoms with van der Waals surface area (Å²) in [7, 11) is 0. The second kappa shape index (κ2) is 9.05. The molecule has 1 aromatic heterocycles. The number of fused-ring (bicyclic) bond motifs is 1. The standard InChI is InChI=1S/C20H18F2N4O3/c1-2-11-26-19(28)15-9-5-4-8-14(15)17(25-26)18(27)24-23-12-13-7-3-6-10-16(13)29-20(21)22/h3-10,12,20H,2,11H2,1H3,(H,24,27)/b23-12+. The first-order valence-corrected chi connectivity index (χ1v) is 8.88. The van der Waals surface area contributed by atoms with E-state index in [1.54, 1.807) is 36.4 Å². The van der Waals surface area contributed by atoms with Crippen molar-refractivity contribution in [2.24, 2.45) is 5.10 Å². The van der Waals surface area contributed by atoms with E-state index in [4.69, 9.17) is 0 Å². The van der Waals surface area contributed by atoms with Gasteiger partial charge < -0.3 is 4.74 Å². The van der Waals surface area contributed by atoms with Gasteiger partial charge in [-0.25, -0.2) is 10.1 Å². The predicted molar refractivity (Wildman–Crippen MR) is 104 cm³/mol.